The van der Waals surface area contributed by atoms with Crippen LogP contribution in [-0.2, 0) is 17.8 Å². The lowest BCUT2D eigenvalue weighted by Crippen LogP contribution is -2.44. The Morgan fingerprint density at radius 2 is 1.89 bits per heavy atom. The Morgan fingerprint density at radius 1 is 1.28 bits per heavy atom. The van der Waals surface area contributed by atoms with Crippen molar-refractivity contribution in [3.05, 3.63) is 23.7 Å². The van der Waals surface area contributed by atoms with Crippen molar-refractivity contribution in [1.29, 1.82) is 0 Å². The second-order valence-electron chi connectivity index (χ2n) is 4.33. The summed E-state index contributed by atoms with van der Waals surface area (Å²) in [6.45, 7) is 10.0. The Morgan fingerprint density at radius 3 is 2.39 bits per heavy atom. The third kappa shape index (κ3) is 3.88. The zero-order chi connectivity index (χ0) is 13.5. The van der Waals surface area contributed by atoms with E-state index in [9.17, 15) is 4.79 Å². The van der Waals surface area contributed by atoms with Gasteiger partial charge >= 0.3 is 0 Å². The van der Waals surface area contributed by atoms with Crippen LogP contribution in [0.2, 0.25) is 0 Å². The highest BCUT2D eigenvalue weighted by molar-refractivity contribution is 5.81. The first kappa shape index (κ1) is 14.8. The van der Waals surface area contributed by atoms with Crippen molar-refractivity contribution in [2.24, 2.45) is 0 Å². The molecular formula is C14H24N2O2. The standard InChI is InChI=1S/C14H24N2O2/c1-5-12-8-9-13(18-12)10-15-11(4)14(17)16(6-2)7-3/h8-9,11,15H,5-7,10H2,1-4H3. The molecule has 0 saturated heterocycles. The Balaban J connectivity index is 2.45. The third-order valence-electron chi connectivity index (χ3n) is 3.09. The van der Waals surface area contributed by atoms with E-state index in [-0.39, 0.29) is 11.9 Å². The highest BCUT2D eigenvalue weighted by Gasteiger charge is 2.17. The predicted octanol–water partition coefficient (Wildman–Crippen LogP) is 2.19. The second kappa shape index (κ2) is 7.21. The van der Waals surface area contributed by atoms with Gasteiger partial charge in [-0.3, -0.25) is 10.1 Å². The van der Waals surface area contributed by atoms with Crippen LogP contribution in [0.3, 0.4) is 0 Å². The first-order valence-electron chi connectivity index (χ1n) is 6.72. The SMILES string of the molecule is CCc1ccc(CNC(C)C(=O)N(CC)CC)o1. The maximum Gasteiger partial charge on any atom is 0.239 e. The van der Waals surface area contributed by atoms with Gasteiger partial charge in [0.15, 0.2) is 0 Å². The minimum atomic E-state index is -0.180. The fourth-order valence-corrected chi connectivity index (χ4v) is 1.86. The number of nitrogens with zero attached hydrogens (tertiary/aromatic N) is 1. The number of carbonyl (C=O) groups excluding carboxylic acids is 1. The molecule has 0 aromatic carbocycles. The molecule has 0 aliphatic heterocycles. The summed E-state index contributed by atoms with van der Waals surface area (Å²) >= 11 is 0. The average molecular weight is 252 g/mol. The normalized spacial score (nSPS) is 12.4. The van der Waals surface area contributed by atoms with Gasteiger partial charge in [0, 0.05) is 19.5 Å². The van der Waals surface area contributed by atoms with Gasteiger partial charge in [0.1, 0.15) is 11.5 Å². The highest BCUT2D eigenvalue weighted by Crippen LogP contribution is 2.08. The van der Waals surface area contributed by atoms with Crippen LogP contribution < -0.4 is 5.32 Å². The summed E-state index contributed by atoms with van der Waals surface area (Å²) < 4.78 is 5.59. The predicted molar refractivity (Wildman–Crippen MR) is 72.3 cm³/mol. The molecule has 1 N–H and O–H groups in total. The number of amides is 1. The molecule has 0 bridgehead atoms. The summed E-state index contributed by atoms with van der Waals surface area (Å²) in [6.07, 6.45) is 0.897. The average Bonchev–Trinajstić information content (AvgIpc) is 2.85. The minimum absolute atomic E-state index is 0.141. The van der Waals surface area contributed by atoms with Crippen molar-refractivity contribution < 1.29 is 9.21 Å². The second-order valence-corrected chi connectivity index (χ2v) is 4.33. The van der Waals surface area contributed by atoms with Gasteiger partial charge in [-0.1, -0.05) is 6.92 Å². The number of nitrogens with one attached hydrogen (secondary N) is 1. The van der Waals surface area contributed by atoms with Gasteiger partial charge in [0.05, 0.1) is 12.6 Å². The van der Waals surface area contributed by atoms with Crippen molar-refractivity contribution in [2.75, 3.05) is 13.1 Å². The van der Waals surface area contributed by atoms with Gasteiger partial charge in [0.25, 0.3) is 0 Å². The van der Waals surface area contributed by atoms with E-state index in [4.69, 9.17) is 4.42 Å². The molecular weight excluding hydrogens is 228 g/mol. The van der Waals surface area contributed by atoms with E-state index in [1.165, 1.54) is 0 Å². The van der Waals surface area contributed by atoms with Crippen molar-refractivity contribution >= 4 is 5.91 Å². The number of likely N-dealkylation sites (N-methyl/N-ethyl adjacent to an activating group) is 1. The smallest absolute Gasteiger partial charge is 0.239 e. The Hall–Kier alpha value is -1.29. The largest absolute Gasteiger partial charge is 0.465 e. The van der Waals surface area contributed by atoms with Crippen LogP contribution in [0, 0.1) is 0 Å². The first-order chi connectivity index (χ1) is 8.62. The van der Waals surface area contributed by atoms with E-state index >= 15 is 0 Å². The van der Waals surface area contributed by atoms with Gasteiger partial charge < -0.3 is 9.32 Å². The van der Waals surface area contributed by atoms with E-state index in [0.29, 0.717) is 6.54 Å². The van der Waals surface area contributed by atoms with Crippen LogP contribution in [-0.4, -0.2) is 29.9 Å². The fraction of sp³-hybridized carbons (Fsp3) is 0.643. The van der Waals surface area contributed by atoms with Crippen molar-refractivity contribution in [3.63, 3.8) is 0 Å². The van der Waals surface area contributed by atoms with Crippen LogP contribution in [0.15, 0.2) is 16.5 Å². The molecule has 102 valence electrons. The number of hydrogen-bond donors (Lipinski definition) is 1. The number of aryl methyl sites for hydroxylation is 1. The lowest BCUT2D eigenvalue weighted by atomic mass is 10.2. The lowest BCUT2D eigenvalue weighted by molar-refractivity contribution is -0.132. The number of carbonyl (C=O) groups is 1. The number of furan rings is 1. The molecule has 1 unspecified atom stereocenters. The molecule has 0 spiro atoms. The van der Waals surface area contributed by atoms with E-state index in [1.807, 2.05) is 37.8 Å². The molecule has 4 heteroatoms. The summed E-state index contributed by atoms with van der Waals surface area (Å²) in [5, 5.41) is 3.20. The molecule has 0 fully saturated rings. The van der Waals surface area contributed by atoms with Crippen molar-refractivity contribution in [2.45, 2.75) is 46.7 Å². The number of hydrogen-bond acceptors (Lipinski definition) is 3. The van der Waals surface area contributed by atoms with Crippen molar-refractivity contribution in [3.8, 4) is 0 Å². The van der Waals surface area contributed by atoms with Gasteiger partial charge in [-0.2, -0.15) is 0 Å². The van der Waals surface area contributed by atoms with Crippen molar-refractivity contribution in [1.82, 2.24) is 10.2 Å². The molecule has 0 aliphatic carbocycles. The monoisotopic (exact) mass is 252 g/mol. The van der Waals surface area contributed by atoms with Crippen LogP contribution in [0.4, 0.5) is 0 Å². The molecule has 1 heterocycles. The molecule has 1 aromatic heterocycles. The topological polar surface area (TPSA) is 45.5 Å². The molecule has 0 aliphatic rings. The van der Waals surface area contributed by atoms with Crippen LogP contribution >= 0.6 is 0 Å². The highest BCUT2D eigenvalue weighted by atomic mass is 16.3. The van der Waals surface area contributed by atoms with E-state index in [1.54, 1.807) is 0 Å². The minimum Gasteiger partial charge on any atom is -0.465 e. The quantitative estimate of drug-likeness (QED) is 0.809. The number of rotatable bonds is 7. The Kier molecular flexibility index (Phi) is 5.92. The molecule has 18 heavy (non-hydrogen) atoms. The molecule has 1 rings (SSSR count). The molecule has 4 nitrogen and oxygen atoms in total. The van der Waals surface area contributed by atoms with Gasteiger partial charge in [0.2, 0.25) is 5.91 Å². The van der Waals surface area contributed by atoms with Crippen LogP contribution in [0.5, 0.6) is 0 Å². The van der Waals surface area contributed by atoms with Gasteiger partial charge in [-0.15, -0.1) is 0 Å². The molecule has 0 radical (unpaired) electrons. The molecule has 0 saturated carbocycles. The summed E-state index contributed by atoms with van der Waals surface area (Å²) in [5.74, 6) is 2.00. The molecule has 1 aromatic rings. The molecule has 1 amide bonds. The lowest BCUT2D eigenvalue weighted by Gasteiger charge is -2.23. The zero-order valence-corrected chi connectivity index (χ0v) is 11.8. The first-order valence-corrected chi connectivity index (χ1v) is 6.72. The van der Waals surface area contributed by atoms with Gasteiger partial charge in [-0.05, 0) is 32.9 Å². The maximum absolute atomic E-state index is 12.0. The third-order valence-corrected chi connectivity index (χ3v) is 3.09. The van der Waals surface area contributed by atoms with Crippen LogP contribution in [0.25, 0.3) is 0 Å². The fourth-order valence-electron chi connectivity index (χ4n) is 1.86. The summed E-state index contributed by atoms with van der Waals surface area (Å²) in [7, 11) is 0. The van der Waals surface area contributed by atoms with E-state index in [2.05, 4.69) is 12.2 Å². The Labute approximate surface area is 109 Å². The van der Waals surface area contributed by atoms with Gasteiger partial charge in [-0.25, -0.2) is 0 Å². The summed E-state index contributed by atoms with van der Waals surface area (Å²) in [4.78, 5) is 13.9. The zero-order valence-electron chi connectivity index (χ0n) is 11.8. The Bertz CT molecular complexity index is 370. The summed E-state index contributed by atoms with van der Waals surface area (Å²) in [6, 6.07) is 3.76. The van der Waals surface area contributed by atoms with Crippen LogP contribution in [0.1, 0.15) is 39.2 Å². The van der Waals surface area contributed by atoms with E-state index < -0.39 is 0 Å². The summed E-state index contributed by atoms with van der Waals surface area (Å²) in [5.41, 5.74) is 0. The maximum atomic E-state index is 12.0. The van der Waals surface area contributed by atoms with E-state index in [0.717, 1.165) is 31.0 Å². The molecule has 1 atom stereocenters.